The Labute approximate surface area is 141 Å². The Morgan fingerprint density at radius 3 is 2.62 bits per heavy atom. The number of primary amides is 1. The predicted molar refractivity (Wildman–Crippen MR) is 89.4 cm³/mol. The normalized spacial score (nSPS) is 18.1. The molecule has 3 N–H and O–H groups in total. The largest absolute Gasteiger partial charge is 0.367 e. The molecule has 0 aromatic heterocycles. The molecule has 1 aromatic rings. The number of hydrogen-bond acceptors (Lipinski definition) is 4. The third kappa shape index (κ3) is 4.32. The number of amides is 3. The van der Waals surface area contributed by atoms with E-state index in [4.69, 9.17) is 10.5 Å². The Bertz CT molecular complexity index is 651. The van der Waals surface area contributed by atoms with Gasteiger partial charge in [0.25, 0.3) is 5.91 Å². The van der Waals surface area contributed by atoms with E-state index in [2.05, 4.69) is 5.32 Å². The molecule has 3 amide bonds. The minimum Gasteiger partial charge on any atom is -0.367 e. The Morgan fingerprint density at radius 2 is 2.00 bits per heavy atom. The maximum Gasteiger partial charge on any atom is 0.254 e. The average molecular weight is 333 g/mol. The van der Waals surface area contributed by atoms with Crippen LogP contribution in [0.4, 0.5) is 5.69 Å². The van der Waals surface area contributed by atoms with Crippen LogP contribution >= 0.6 is 0 Å². The van der Waals surface area contributed by atoms with E-state index in [1.807, 2.05) is 20.8 Å². The molecule has 1 atom stereocenters. The molecule has 0 radical (unpaired) electrons. The van der Waals surface area contributed by atoms with Gasteiger partial charge < -0.3 is 20.7 Å². The van der Waals surface area contributed by atoms with Crippen LogP contribution in [0.1, 0.15) is 31.1 Å². The summed E-state index contributed by atoms with van der Waals surface area (Å²) >= 11 is 0. The summed E-state index contributed by atoms with van der Waals surface area (Å²) in [7, 11) is 0. The van der Waals surface area contributed by atoms with Crippen molar-refractivity contribution in [3.8, 4) is 0 Å². The third-order valence-electron chi connectivity index (χ3n) is 3.72. The molecule has 130 valence electrons. The van der Waals surface area contributed by atoms with Gasteiger partial charge in [-0.2, -0.15) is 0 Å². The molecule has 1 aliphatic rings. The van der Waals surface area contributed by atoms with Gasteiger partial charge in [-0.05, 0) is 18.2 Å². The highest BCUT2D eigenvalue weighted by Crippen LogP contribution is 2.19. The van der Waals surface area contributed by atoms with Crippen LogP contribution in [0.15, 0.2) is 24.3 Å². The van der Waals surface area contributed by atoms with E-state index in [-0.39, 0.29) is 25.0 Å². The molecule has 0 bridgehead atoms. The number of hydrogen-bond donors (Lipinski definition) is 2. The van der Waals surface area contributed by atoms with Gasteiger partial charge in [0.05, 0.1) is 13.2 Å². The number of carbonyl (C=O) groups excluding carboxylic acids is 3. The van der Waals surface area contributed by atoms with Crippen molar-refractivity contribution in [3.63, 3.8) is 0 Å². The van der Waals surface area contributed by atoms with Crippen molar-refractivity contribution in [3.05, 3.63) is 29.8 Å². The topological polar surface area (TPSA) is 102 Å². The summed E-state index contributed by atoms with van der Waals surface area (Å²) in [5, 5.41) is 2.80. The van der Waals surface area contributed by atoms with E-state index in [1.54, 1.807) is 24.3 Å². The number of morpholine rings is 1. The van der Waals surface area contributed by atoms with Crippen molar-refractivity contribution in [2.24, 2.45) is 11.1 Å². The first-order valence-corrected chi connectivity index (χ1v) is 7.80. The first kappa shape index (κ1) is 17.9. The summed E-state index contributed by atoms with van der Waals surface area (Å²) in [6, 6.07) is 6.73. The number of ether oxygens (including phenoxy) is 1. The van der Waals surface area contributed by atoms with Crippen molar-refractivity contribution in [1.82, 2.24) is 4.90 Å². The van der Waals surface area contributed by atoms with Gasteiger partial charge >= 0.3 is 0 Å². The van der Waals surface area contributed by atoms with Crippen LogP contribution in [0.2, 0.25) is 0 Å². The van der Waals surface area contributed by atoms with Crippen LogP contribution in [-0.4, -0.2) is 48.4 Å². The number of nitrogens with zero attached hydrogens (tertiary/aromatic N) is 1. The molecule has 7 nitrogen and oxygen atoms in total. The van der Waals surface area contributed by atoms with Gasteiger partial charge in [0.1, 0.15) is 0 Å². The quantitative estimate of drug-likeness (QED) is 0.861. The van der Waals surface area contributed by atoms with Crippen molar-refractivity contribution in [2.45, 2.75) is 26.9 Å². The Hall–Kier alpha value is -2.41. The van der Waals surface area contributed by atoms with Crippen LogP contribution in [-0.2, 0) is 14.3 Å². The maximum absolute atomic E-state index is 12.6. The maximum atomic E-state index is 12.6. The van der Waals surface area contributed by atoms with Crippen molar-refractivity contribution in [2.75, 3.05) is 25.0 Å². The zero-order valence-electron chi connectivity index (χ0n) is 14.2. The Balaban J connectivity index is 2.11. The summed E-state index contributed by atoms with van der Waals surface area (Å²) in [5.74, 6) is -0.942. The number of benzene rings is 1. The third-order valence-corrected chi connectivity index (χ3v) is 3.72. The predicted octanol–water partition coefficient (Wildman–Crippen LogP) is 0.998. The molecule has 24 heavy (non-hydrogen) atoms. The lowest BCUT2D eigenvalue weighted by Gasteiger charge is -2.31. The monoisotopic (exact) mass is 333 g/mol. The molecule has 1 heterocycles. The second kappa shape index (κ2) is 7.00. The number of anilines is 1. The summed E-state index contributed by atoms with van der Waals surface area (Å²) in [5.41, 5.74) is 5.70. The van der Waals surface area contributed by atoms with Crippen LogP contribution in [0, 0.1) is 5.41 Å². The molecule has 1 aromatic carbocycles. The highest BCUT2D eigenvalue weighted by Gasteiger charge is 2.28. The number of rotatable bonds is 3. The molecule has 1 fully saturated rings. The fraction of sp³-hybridized carbons (Fsp3) is 0.471. The van der Waals surface area contributed by atoms with E-state index >= 15 is 0 Å². The van der Waals surface area contributed by atoms with Gasteiger partial charge in [-0.25, -0.2) is 0 Å². The lowest BCUT2D eigenvalue weighted by molar-refractivity contribution is -0.133. The van der Waals surface area contributed by atoms with E-state index in [0.29, 0.717) is 17.8 Å². The Morgan fingerprint density at radius 1 is 1.29 bits per heavy atom. The molecule has 7 heteroatoms. The van der Waals surface area contributed by atoms with Crippen LogP contribution in [0.5, 0.6) is 0 Å². The molecule has 0 spiro atoms. The van der Waals surface area contributed by atoms with Crippen molar-refractivity contribution >= 4 is 23.4 Å². The first-order valence-electron chi connectivity index (χ1n) is 7.80. The highest BCUT2D eigenvalue weighted by atomic mass is 16.5. The lowest BCUT2D eigenvalue weighted by Crippen LogP contribution is -2.50. The zero-order chi connectivity index (χ0) is 17.9. The molecule has 1 saturated heterocycles. The smallest absolute Gasteiger partial charge is 0.254 e. The molecular formula is C17H23N3O4. The Kier molecular flexibility index (Phi) is 5.23. The van der Waals surface area contributed by atoms with Gasteiger partial charge in [-0.15, -0.1) is 0 Å². The molecule has 0 unspecified atom stereocenters. The van der Waals surface area contributed by atoms with E-state index in [1.165, 1.54) is 4.90 Å². The number of carbonyl (C=O) groups is 3. The molecular weight excluding hydrogens is 310 g/mol. The second-order valence-electron chi connectivity index (χ2n) is 6.80. The summed E-state index contributed by atoms with van der Waals surface area (Å²) < 4.78 is 5.24. The fourth-order valence-electron chi connectivity index (χ4n) is 2.24. The van der Waals surface area contributed by atoms with Crippen LogP contribution in [0.3, 0.4) is 0 Å². The molecule has 1 aliphatic heterocycles. The summed E-state index contributed by atoms with van der Waals surface area (Å²) in [4.78, 5) is 37.4. The minimum absolute atomic E-state index is 0.132. The van der Waals surface area contributed by atoms with Gasteiger partial charge in [0, 0.05) is 23.2 Å². The highest BCUT2D eigenvalue weighted by molar-refractivity contribution is 5.98. The summed E-state index contributed by atoms with van der Waals surface area (Å²) in [6.45, 7) is 6.23. The zero-order valence-corrected chi connectivity index (χ0v) is 14.2. The fourth-order valence-corrected chi connectivity index (χ4v) is 2.24. The van der Waals surface area contributed by atoms with Gasteiger partial charge in [-0.3, -0.25) is 14.4 Å². The second-order valence-corrected chi connectivity index (χ2v) is 6.80. The minimum atomic E-state index is -0.786. The first-order chi connectivity index (χ1) is 11.2. The number of nitrogens with two attached hydrogens (primary N) is 1. The lowest BCUT2D eigenvalue weighted by atomic mass is 9.95. The molecule has 0 aliphatic carbocycles. The van der Waals surface area contributed by atoms with Gasteiger partial charge in [0.2, 0.25) is 11.8 Å². The van der Waals surface area contributed by atoms with Gasteiger partial charge in [-0.1, -0.05) is 26.8 Å². The van der Waals surface area contributed by atoms with Crippen molar-refractivity contribution in [1.29, 1.82) is 0 Å². The van der Waals surface area contributed by atoms with E-state index < -0.39 is 17.4 Å². The van der Waals surface area contributed by atoms with Crippen molar-refractivity contribution < 1.29 is 19.1 Å². The van der Waals surface area contributed by atoms with Gasteiger partial charge in [0.15, 0.2) is 6.10 Å². The number of nitrogens with one attached hydrogen (secondary N) is 1. The van der Waals surface area contributed by atoms with Crippen LogP contribution in [0.25, 0.3) is 0 Å². The average Bonchev–Trinajstić information content (AvgIpc) is 2.53. The molecule has 0 saturated carbocycles. The van der Waals surface area contributed by atoms with Crippen LogP contribution < -0.4 is 11.1 Å². The standard InChI is InChI=1S/C17H23N3O4/c1-17(2,3)16(23)19-12-6-4-5-11(9-12)15(22)20-7-8-24-13(10-20)14(18)21/h4-6,9,13H,7-8,10H2,1-3H3,(H2,18,21)(H,19,23)/t13-/m0/s1. The SMILES string of the molecule is CC(C)(C)C(=O)Nc1cccc(C(=O)N2CCO[C@H](C(N)=O)C2)c1. The summed E-state index contributed by atoms with van der Waals surface area (Å²) in [6.07, 6.45) is -0.786. The van der Waals surface area contributed by atoms with E-state index in [9.17, 15) is 14.4 Å². The van der Waals surface area contributed by atoms with E-state index in [0.717, 1.165) is 0 Å². The molecule has 2 rings (SSSR count).